The number of hydrogen-bond donors (Lipinski definition) is 0. The SMILES string of the molecule is COc1cc(Cl)cc(OC)c1-c1cccc(OCCn2ccnc2)c1. The third-order valence-corrected chi connectivity index (χ3v) is 3.99. The average molecular weight is 359 g/mol. The minimum absolute atomic E-state index is 0.550. The number of halogens is 1. The summed E-state index contributed by atoms with van der Waals surface area (Å²) < 4.78 is 18.8. The van der Waals surface area contributed by atoms with E-state index in [0.29, 0.717) is 23.1 Å². The van der Waals surface area contributed by atoms with Crippen LogP contribution in [0.4, 0.5) is 0 Å². The van der Waals surface area contributed by atoms with Gasteiger partial charge in [0.25, 0.3) is 0 Å². The summed E-state index contributed by atoms with van der Waals surface area (Å²) >= 11 is 6.12. The third-order valence-electron chi connectivity index (χ3n) is 3.77. The van der Waals surface area contributed by atoms with Crippen LogP contribution in [0.1, 0.15) is 0 Å². The van der Waals surface area contributed by atoms with Crippen molar-refractivity contribution >= 4 is 11.6 Å². The van der Waals surface area contributed by atoms with Gasteiger partial charge in [0.15, 0.2) is 0 Å². The Labute approximate surface area is 151 Å². The van der Waals surface area contributed by atoms with E-state index >= 15 is 0 Å². The van der Waals surface area contributed by atoms with E-state index in [1.807, 2.05) is 35.0 Å². The zero-order valence-corrected chi connectivity index (χ0v) is 14.9. The molecule has 0 saturated heterocycles. The lowest BCUT2D eigenvalue weighted by molar-refractivity contribution is 0.298. The van der Waals surface area contributed by atoms with Crippen LogP contribution in [0.25, 0.3) is 11.1 Å². The number of methoxy groups -OCH3 is 2. The van der Waals surface area contributed by atoms with Gasteiger partial charge in [0.1, 0.15) is 23.9 Å². The first kappa shape index (κ1) is 17.2. The Bertz CT molecular complexity index is 809. The Morgan fingerprint density at radius 3 is 2.48 bits per heavy atom. The molecular weight excluding hydrogens is 340 g/mol. The number of nitrogens with zero attached hydrogens (tertiary/aromatic N) is 2. The van der Waals surface area contributed by atoms with E-state index in [1.54, 1.807) is 38.9 Å². The van der Waals surface area contributed by atoms with Crippen LogP contribution in [0.5, 0.6) is 17.2 Å². The first-order valence-electron chi connectivity index (χ1n) is 7.81. The molecule has 0 unspecified atom stereocenters. The standard InChI is InChI=1S/C19H19ClN2O3/c1-23-17-11-15(20)12-18(24-2)19(17)14-4-3-5-16(10-14)25-9-8-22-7-6-21-13-22/h3-7,10-13H,8-9H2,1-2H3. The zero-order valence-electron chi connectivity index (χ0n) is 14.1. The first-order chi connectivity index (χ1) is 12.2. The molecule has 0 aliphatic carbocycles. The van der Waals surface area contributed by atoms with Gasteiger partial charge in [0.05, 0.1) is 32.7 Å². The number of benzene rings is 2. The molecule has 130 valence electrons. The van der Waals surface area contributed by atoms with Gasteiger partial charge in [-0.15, -0.1) is 0 Å². The maximum Gasteiger partial charge on any atom is 0.131 e. The van der Waals surface area contributed by atoms with Crippen molar-refractivity contribution in [3.05, 3.63) is 60.1 Å². The van der Waals surface area contributed by atoms with Crippen LogP contribution in [-0.2, 0) is 6.54 Å². The van der Waals surface area contributed by atoms with Crippen LogP contribution >= 0.6 is 11.6 Å². The van der Waals surface area contributed by atoms with Crippen molar-refractivity contribution in [2.24, 2.45) is 0 Å². The molecule has 25 heavy (non-hydrogen) atoms. The lowest BCUT2D eigenvalue weighted by Gasteiger charge is -2.15. The van der Waals surface area contributed by atoms with Crippen molar-refractivity contribution in [3.63, 3.8) is 0 Å². The molecule has 6 heteroatoms. The topological polar surface area (TPSA) is 45.5 Å². The van der Waals surface area contributed by atoms with E-state index in [-0.39, 0.29) is 0 Å². The predicted octanol–water partition coefficient (Wildman–Crippen LogP) is 4.30. The molecule has 0 aliphatic heterocycles. The average Bonchev–Trinajstić information content (AvgIpc) is 3.14. The van der Waals surface area contributed by atoms with Gasteiger partial charge in [-0.3, -0.25) is 0 Å². The summed E-state index contributed by atoms with van der Waals surface area (Å²) in [6, 6.07) is 11.3. The fourth-order valence-corrected chi connectivity index (χ4v) is 2.79. The summed E-state index contributed by atoms with van der Waals surface area (Å²) in [5.41, 5.74) is 1.78. The highest BCUT2D eigenvalue weighted by atomic mass is 35.5. The lowest BCUT2D eigenvalue weighted by Crippen LogP contribution is -2.06. The highest BCUT2D eigenvalue weighted by Gasteiger charge is 2.15. The minimum Gasteiger partial charge on any atom is -0.496 e. The smallest absolute Gasteiger partial charge is 0.131 e. The summed E-state index contributed by atoms with van der Waals surface area (Å²) in [6.07, 6.45) is 5.42. The second-order valence-electron chi connectivity index (χ2n) is 5.36. The zero-order chi connectivity index (χ0) is 17.6. The van der Waals surface area contributed by atoms with Crippen molar-refractivity contribution in [3.8, 4) is 28.4 Å². The molecule has 0 aliphatic rings. The van der Waals surface area contributed by atoms with Crippen LogP contribution in [0.2, 0.25) is 5.02 Å². The Morgan fingerprint density at radius 2 is 1.84 bits per heavy atom. The van der Waals surface area contributed by atoms with Gasteiger partial charge < -0.3 is 18.8 Å². The van der Waals surface area contributed by atoms with Crippen LogP contribution in [0.3, 0.4) is 0 Å². The van der Waals surface area contributed by atoms with Crippen LogP contribution in [0, 0.1) is 0 Å². The number of rotatable bonds is 7. The number of ether oxygens (including phenoxy) is 3. The summed E-state index contributed by atoms with van der Waals surface area (Å²) in [7, 11) is 3.22. The first-order valence-corrected chi connectivity index (χ1v) is 8.19. The normalized spacial score (nSPS) is 10.5. The van der Waals surface area contributed by atoms with Gasteiger partial charge in [-0.2, -0.15) is 0 Å². The molecule has 0 N–H and O–H groups in total. The molecule has 0 radical (unpaired) electrons. The highest BCUT2D eigenvalue weighted by molar-refractivity contribution is 6.31. The Morgan fingerprint density at radius 1 is 1.08 bits per heavy atom. The summed E-state index contributed by atoms with van der Waals surface area (Å²) in [5, 5.41) is 0.560. The third kappa shape index (κ3) is 4.06. The van der Waals surface area contributed by atoms with Crippen molar-refractivity contribution in [1.29, 1.82) is 0 Å². The van der Waals surface area contributed by atoms with Gasteiger partial charge in [-0.1, -0.05) is 23.7 Å². The Kier molecular flexibility index (Phi) is 5.46. The molecule has 3 aromatic rings. The molecule has 5 nitrogen and oxygen atoms in total. The molecule has 0 bridgehead atoms. The second kappa shape index (κ2) is 7.94. The van der Waals surface area contributed by atoms with E-state index in [4.69, 9.17) is 25.8 Å². The quantitative estimate of drug-likeness (QED) is 0.631. The van der Waals surface area contributed by atoms with E-state index < -0.39 is 0 Å². The Hall–Kier alpha value is -2.66. The van der Waals surface area contributed by atoms with Crippen molar-refractivity contribution < 1.29 is 14.2 Å². The van der Waals surface area contributed by atoms with Crippen LogP contribution < -0.4 is 14.2 Å². The largest absolute Gasteiger partial charge is 0.496 e. The molecule has 1 aromatic heterocycles. The fraction of sp³-hybridized carbons (Fsp3) is 0.211. The van der Waals surface area contributed by atoms with Gasteiger partial charge in [0, 0.05) is 17.4 Å². The molecule has 3 rings (SSSR count). The molecule has 0 amide bonds. The van der Waals surface area contributed by atoms with Crippen LogP contribution in [0.15, 0.2) is 55.1 Å². The van der Waals surface area contributed by atoms with Gasteiger partial charge in [0.2, 0.25) is 0 Å². The predicted molar refractivity (Wildman–Crippen MR) is 97.7 cm³/mol. The van der Waals surface area contributed by atoms with E-state index in [2.05, 4.69) is 4.98 Å². The maximum atomic E-state index is 6.12. The maximum absolute atomic E-state index is 6.12. The Balaban J connectivity index is 1.83. The fourth-order valence-electron chi connectivity index (χ4n) is 2.59. The summed E-state index contributed by atoms with van der Waals surface area (Å²) in [4.78, 5) is 4.02. The van der Waals surface area contributed by atoms with Crippen molar-refractivity contribution in [2.75, 3.05) is 20.8 Å². The molecule has 0 saturated carbocycles. The van der Waals surface area contributed by atoms with Gasteiger partial charge in [-0.05, 0) is 29.8 Å². The van der Waals surface area contributed by atoms with E-state index in [1.165, 1.54) is 0 Å². The number of aromatic nitrogens is 2. The molecule has 0 atom stereocenters. The second-order valence-corrected chi connectivity index (χ2v) is 5.80. The lowest BCUT2D eigenvalue weighted by atomic mass is 10.0. The van der Waals surface area contributed by atoms with Gasteiger partial charge >= 0.3 is 0 Å². The summed E-state index contributed by atoms with van der Waals surface area (Å²) in [5.74, 6) is 2.08. The molecule has 0 fully saturated rings. The number of imidazole rings is 1. The summed E-state index contributed by atoms with van der Waals surface area (Å²) in [6.45, 7) is 1.28. The monoisotopic (exact) mass is 358 g/mol. The van der Waals surface area contributed by atoms with Crippen LogP contribution in [-0.4, -0.2) is 30.4 Å². The molecular formula is C19H19ClN2O3. The molecule has 1 heterocycles. The van der Waals surface area contributed by atoms with E-state index in [0.717, 1.165) is 23.4 Å². The molecule has 0 spiro atoms. The van der Waals surface area contributed by atoms with E-state index in [9.17, 15) is 0 Å². The number of hydrogen-bond acceptors (Lipinski definition) is 4. The van der Waals surface area contributed by atoms with Crippen molar-refractivity contribution in [1.82, 2.24) is 9.55 Å². The minimum atomic E-state index is 0.550. The van der Waals surface area contributed by atoms with Gasteiger partial charge in [-0.25, -0.2) is 4.98 Å². The van der Waals surface area contributed by atoms with Crippen molar-refractivity contribution in [2.45, 2.75) is 6.54 Å². The highest BCUT2D eigenvalue weighted by Crippen LogP contribution is 2.41. The molecule has 2 aromatic carbocycles.